The number of aryl methyl sites for hydroxylation is 1. The van der Waals surface area contributed by atoms with Crippen LogP contribution < -0.4 is 5.32 Å². The largest absolute Gasteiger partial charge is 0.361 e. The highest BCUT2D eigenvalue weighted by Crippen LogP contribution is 2.23. The van der Waals surface area contributed by atoms with Crippen molar-refractivity contribution in [2.45, 2.75) is 25.7 Å². The Morgan fingerprint density at radius 1 is 1.35 bits per heavy atom. The van der Waals surface area contributed by atoms with Crippen LogP contribution in [0.5, 0.6) is 0 Å². The first-order chi connectivity index (χ1) is 7.88. The molecule has 0 fully saturated rings. The molecule has 1 heterocycles. The maximum Gasteiger partial charge on any atom is 0.324 e. The SMILES string of the molecule is CCc1ncnc(NCC(F)(F)C(F)F)c1F. The Labute approximate surface area is 94.1 Å². The van der Waals surface area contributed by atoms with E-state index in [1.807, 2.05) is 5.32 Å². The van der Waals surface area contributed by atoms with Gasteiger partial charge < -0.3 is 5.32 Å². The summed E-state index contributed by atoms with van der Waals surface area (Å²) in [6.45, 7) is 0.227. The number of alkyl halides is 4. The standard InChI is InChI=1S/C9H10F5N3/c1-2-5-6(10)7(17-4-16-5)15-3-9(13,14)8(11)12/h4,8H,2-3H2,1H3,(H,15,16,17). The van der Waals surface area contributed by atoms with Gasteiger partial charge in [-0.15, -0.1) is 0 Å². The number of halogens is 5. The molecule has 3 nitrogen and oxygen atoms in total. The number of rotatable bonds is 5. The third kappa shape index (κ3) is 3.24. The van der Waals surface area contributed by atoms with Crippen LogP contribution in [0.15, 0.2) is 6.33 Å². The Bertz CT molecular complexity index is 383. The number of hydrogen-bond donors (Lipinski definition) is 1. The molecule has 8 heteroatoms. The Kier molecular flexibility index (Phi) is 4.19. The third-order valence-corrected chi connectivity index (χ3v) is 2.01. The molecule has 1 rings (SSSR count). The van der Waals surface area contributed by atoms with E-state index in [2.05, 4.69) is 9.97 Å². The first kappa shape index (κ1) is 13.6. The zero-order chi connectivity index (χ0) is 13.1. The summed E-state index contributed by atoms with van der Waals surface area (Å²) in [7, 11) is 0. The average Bonchev–Trinajstić information content (AvgIpc) is 2.27. The Balaban J connectivity index is 2.76. The summed E-state index contributed by atoms with van der Waals surface area (Å²) < 4.78 is 62.3. The van der Waals surface area contributed by atoms with Crippen molar-refractivity contribution in [3.05, 3.63) is 17.8 Å². The topological polar surface area (TPSA) is 37.8 Å². The van der Waals surface area contributed by atoms with Crippen molar-refractivity contribution in [1.82, 2.24) is 9.97 Å². The summed E-state index contributed by atoms with van der Waals surface area (Å²) in [5.74, 6) is -5.64. The van der Waals surface area contributed by atoms with E-state index in [1.54, 1.807) is 6.92 Å². The summed E-state index contributed by atoms with van der Waals surface area (Å²) in [5, 5.41) is 1.85. The molecule has 1 N–H and O–H groups in total. The van der Waals surface area contributed by atoms with Crippen molar-refractivity contribution in [1.29, 1.82) is 0 Å². The maximum absolute atomic E-state index is 13.4. The normalized spacial score (nSPS) is 11.9. The minimum absolute atomic E-state index is 0.0304. The van der Waals surface area contributed by atoms with Crippen molar-refractivity contribution in [2.75, 3.05) is 11.9 Å². The number of aromatic nitrogens is 2. The second-order valence-electron chi connectivity index (χ2n) is 3.25. The van der Waals surface area contributed by atoms with Crippen LogP contribution in [0, 0.1) is 5.82 Å². The van der Waals surface area contributed by atoms with Gasteiger partial charge in [-0.3, -0.25) is 0 Å². The number of nitrogens with one attached hydrogen (secondary N) is 1. The van der Waals surface area contributed by atoms with Crippen molar-refractivity contribution in [3.8, 4) is 0 Å². The highest BCUT2D eigenvalue weighted by molar-refractivity contribution is 5.37. The quantitative estimate of drug-likeness (QED) is 0.821. The fraction of sp³-hybridized carbons (Fsp3) is 0.556. The smallest absolute Gasteiger partial charge is 0.324 e. The summed E-state index contributed by atoms with van der Waals surface area (Å²) >= 11 is 0. The Morgan fingerprint density at radius 3 is 2.53 bits per heavy atom. The maximum atomic E-state index is 13.4. The summed E-state index contributed by atoms with van der Waals surface area (Å²) in [6, 6.07) is 0. The van der Waals surface area contributed by atoms with Crippen LogP contribution in [0.25, 0.3) is 0 Å². The van der Waals surface area contributed by atoms with Gasteiger partial charge in [0, 0.05) is 0 Å². The van der Waals surface area contributed by atoms with Crippen LogP contribution >= 0.6 is 0 Å². The van der Waals surface area contributed by atoms with Crippen molar-refractivity contribution >= 4 is 5.82 Å². The van der Waals surface area contributed by atoms with E-state index >= 15 is 0 Å². The van der Waals surface area contributed by atoms with Gasteiger partial charge in [0.15, 0.2) is 11.6 Å². The van der Waals surface area contributed by atoms with E-state index in [9.17, 15) is 22.0 Å². The van der Waals surface area contributed by atoms with Gasteiger partial charge in [-0.1, -0.05) is 6.92 Å². The molecule has 0 bridgehead atoms. The monoisotopic (exact) mass is 255 g/mol. The zero-order valence-corrected chi connectivity index (χ0v) is 8.85. The van der Waals surface area contributed by atoms with Gasteiger partial charge in [-0.05, 0) is 6.42 Å². The molecule has 0 radical (unpaired) electrons. The van der Waals surface area contributed by atoms with Gasteiger partial charge >= 0.3 is 12.3 Å². The molecular weight excluding hydrogens is 245 g/mol. The van der Waals surface area contributed by atoms with Crippen molar-refractivity contribution in [3.63, 3.8) is 0 Å². The Morgan fingerprint density at radius 2 is 2.00 bits per heavy atom. The molecule has 1 aromatic heterocycles. The Hall–Kier alpha value is -1.47. The van der Waals surface area contributed by atoms with Crippen LogP contribution in [0.1, 0.15) is 12.6 Å². The second-order valence-corrected chi connectivity index (χ2v) is 3.25. The van der Waals surface area contributed by atoms with E-state index in [0.29, 0.717) is 0 Å². The molecule has 0 unspecified atom stereocenters. The molecule has 0 aliphatic rings. The van der Waals surface area contributed by atoms with Crippen molar-refractivity contribution in [2.24, 2.45) is 0 Å². The summed E-state index contributed by atoms with van der Waals surface area (Å²) in [5.41, 5.74) is 0.0304. The molecule has 0 amide bonds. The van der Waals surface area contributed by atoms with Crippen molar-refractivity contribution < 1.29 is 22.0 Å². The fourth-order valence-corrected chi connectivity index (χ4v) is 1.05. The summed E-state index contributed by atoms with van der Waals surface area (Å²) in [4.78, 5) is 6.95. The van der Waals surface area contributed by atoms with E-state index in [4.69, 9.17) is 0 Å². The van der Waals surface area contributed by atoms with Gasteiger partial charge in [0.25, 0.3) is 0 Å². The summed E-state index contributed by atoms with van der Waals surface area (Å²) in [6.07, 6.45) is -2.59. The van der Waals surface area contributed by atoms with E-state index in [0.717, 1.165) is 6.33 Å². The van der Waals surface area contributed by atoms with E-state index < -0.39 is 30.5 Å². The number of hydrogen-bond acceptors (Lipinski definition) is 3. The molecule has 1 aromatic rings. The molecule has 0 atom stereocenters. The molecule has 0 aliphatic carbocycles. The molecule has 0 saturated heterocycles. The third-order valence-electron chi connectivity index (χ3n) is 2.01. The van der Waals surface area contributed by atoms with Gasteiger partial charge in [0.2, 0.25) is 0 Å². The van der Waals surface area contributed by atoms with Gasteiger partial charge in [-0.25, -0.2) is 23.1 Å². The fourth-order valence-electron chi connectivity index (χ4n) is 1.05. The van der Waals surface area contributed by atoms with Gasteiger partial charge in [-0.2, -0.15) is 8.78 Å². The van der Waals surface area contributed by atoms with Crippen LogP contribution in [-0.2, 0) is 6.42 Å². The lowest BCUT2D eigenvalue weighted by Crippen LogP contribution is -2.35. The minimum Gasteiger partial charge on any atom is -0.361 e. The van der Waals surface area contributed by atoms with E-state index in [1.165, 1.54) is 0 Å². The average molecular weight is 255 g/mol. The molecular formula is C9H10F5N3. The predicted molar refractivity (Wildman–Crippen MR) is 50.8 cm³/mol. The van der Waals surface area contributed by atoms with E-state index in [-0.39, 0.29) is 12.1 Å². The number of anilines is 1. The highest BCUT2D eigenvalue weighted by Gasteiger charge is 2.40. The first-order valence-electron chi connectivity index (χ1n) is 4.77. The lowest BCUT2D eigenvalue weighted by Gasteiger charge is -2.16. The van der Waals surface area contributed by atoms with Crippen LogP contribution in [0.4, 0.5) is 27.8 Å². The van der Waals surface area contributed by atoms with Gasteiger partial charge in [0.05, 0.1) is 12.2 Å². The highest BCUT2D eigenvalue weighted by atomic mass is 19.3. The van der Waals surface area contributed by atoms with Crippen LogP contribution in [-0.4, -0.2) is 28.9 Å². The lowest BCUT2D eigenvalue weighted by atomic mass is 10.3. The molecule has 0 saturated carbocycles. The second kappa shape index (κ2) is 5.24. The van der Waals surface area contributed by atoms with Crippen LogP contribution in [0.2, 0.25) is 0 Å². The molecule has 96 valence electrons. The molecule has 0 aromatic carbocycles. The molecule has 17 heavy (non-hydrogen) atoms. The van der Waals surface area contributed by atoms with Crippen LogP contribution in [0.3, 0.4) is 0 Å². The predicted octanol–water partition coefficient (Wildman–Crippen LogP) is 2.49. The van der Waals surface area contributed by atoms with Gasteiger partial charge in [0.1, 0.15) is 6.33 Å². The molecule has 0 aliphatic heterocycles. The number of nitrogens with zero attached hydrogens (tertiary/aromatic N) is 2. The minimum atomic E-state index is -4.23. The molecule has 0 spiro atoms. The lowest BCUT2D eigenvalue weighted by molar-refractivity contribution is -0.117. The first-order valence-corrected chi connectivity index (χ1v) is 4.77. The zero-order valence-electron chi connectivity index (χ0n) is 8.85.